The minimum Gasteiger partial charge on any atom is -0.319 e. The maximum absolute atomic E-state index is 3.76. The van der Waals surface area contributed by atoms with E-state index in [0.717, 1.165) is 6.54 Å². The smallest absolute Gasteiger partial charge is 0.0598 e. The molecule has 2 aromatic heterocycles. The zero-order valence-corrected chi connectivity index (χ0v) is 12.5. The van der Waals surface area contributed by atoms with E-state index in [9.17, 15) is 0 Å². The van der Waals surface area contributed by atoms with Crippen molar-refractivity contribution in [1.29, 1.82) is 0 Å². The zero-order chi connectivity index (χ0) is 12.8. The van der Waals surface area contributed by atoms with E-state index in [1.807, 2.05) is 0 Å². The van der Waals surface area contributed by atoms with Gasteiger partial charge in [0.1, 0.15) is 0 Å². The first-order valence-corrected chi connectivity index (χ1v) is 7.39. The molecule has 0 amide bonds. The van der Waals surface area contributed by atoms with Gasteiger partial charge < -0.3 is 9.72 Å². The Kier molecular flexibility index (Phi) is 2.99. The molecule has 0 bridgehead atoms. The van der Waals surface area contributed by atoms with E-state index in [2.05, 4.69) is 64.0 Å². The summed E-state index contributed by atoms with van der Waals surface area (Å²) in [6.45, 7) is 3.31. The van der Waals surface area contributed by atoms with Crippen LogP contribution in [-0.4, -0.2) is 18.0 Å². The Balaban J connectivity index is 2.25. The molecule has 1 aliphatic carbocycles. The van der Waals surface area contributed by atoms with Gasteiger partial charge in [0.2, 0.25) is 0 Å². The molecule has 0 atom stereocenters. The molecule has 1 fully saturated rings. The fraction of sp³-hybridized carbons (Fsp3) is 0.467. The lowest BCUT2D eigenvalue weighted by molar-refractivity contribution is 0.230. The predicted octanol–water partition coefficient (Wildman–Crippen LogP) is 3.65. The monoisotopic (exact) mass is 306 g/mol. The van der Waals surface area contributed by atoms with Gasteiger partial charge in [0.25, 0.3) is 0 Å². The van der Waals surface area contributed by atoms with Gasteiger partial charge in [-0.1, -0.05) is 12.5 Å². The fourth-order valence-corrected chi connectivity index (χ4v) is 3.90. The third kappa shape index (κ3) is 1.57. The average molecular weight is 307 g/mol. The van der Waals surface area contributed by atoms with E-state index < -0.39 is 0 Å². The summed E-state index contributed by atoms with van der Waals surface area (Å²) < 4.78 is 3.62. The Morgan fingerprint density at radius 1 is 1.39 bits per heavy atom. The lowest BCUT2D eigenvalue weighted by Gasteiger charge is -2.42. The van der Waals surface area contributed by atoms with Crippen LogP contribution in [0.4, 0.5) is 0 Å². The molecule has 1 N–H and O–H groups in total. The Bertz CT molecular complexity index is 581. The van der Waals surface area contributed by atoms with Crippen LogP contribution in [-0.2, 0) is 5.41 Å². The van der Waals surface area contributed by atoms with E-state index in [1.165, 1.54) is 40.5 Å². The minimum absolute atomic E-state index is 0.328. The maximum atomic E-state index is 3.76. The summed E-state index contributed by atoms with van der Waals surface area (Å²) in [5.41, 5.74) is 4.50. The normalized spacial score (nSPS) is 17.9. The highest BCUT2D eigenvalue weighted by atomic mass is 79.9. The van der Waals surface area contributed by atoms with E-state index in [1.54, 1.807) is 0 Å². The first-order chi connectivity index (χ1) is 8.69. The number of hydrogen-bond donors (Lipinski definition) is 1. The summed E-state index contributed by atoms with van der Waals surface area (Å²) in [6.07, 6.45) is 6.13. The second-order valence-electron chi connectivity index (χ2n) is 5.41. The molecule has 0 radical (unpaired) electrons. The number of rotatable bonds is 3. The van der Waals surface area contributed by atoms with Crippen molar-refractivity contribution in [2.45, 2.75) is 31.6 Å². The van der Waals surface area contributed by atoms with Crippen molar-refractivity contribution in [1.82, 2.24) is 9.72 Å². The lowest BCUT2D eigenvalue weighted by Crippen LogP contribution is -2.44. The summed E-state index contributed by atoms with van der Waals surface area (Å²) >= 11 is 3.76. The largest absolute Gasteiger partial charge is 0.319 e. The maximum Gasteiger partial charge on any atom is 0.0598 e. The van der Waals surface area contributed by atoms with Gasteiger partial charge in [0.05, 0.1) is 5.52 Å². The number of nitrogens with zero attached hydrogens (tertiary/aromatic N) is 1. The number of hydrogen-bond acceptors (Lipinski definition) is 1. The van der Waals surface area contributed by atoms with Gasteiger partial charge in [-0.2, -0.15) is 0 Å². The van der Waals surface area contributed by atoms with Crippen LogP contribution in [0.25, 0.3) is 5.52 Å². The molecular formula is C15H19BrN2. The fourth-order valence-electron chi connectivity index (χ4n) is 3.39. The third-order valence-corrected chi connectivity index (χ3v) is 5.34. The number of aromatic nitrogens is 1. The summed E-state index contributed by atoms with van der Waals surface area (Å²) in [4.78, 5) is 0. The molecule has 0 saturated heterocycles. The van der Waals surface area contributed by atoms with Crippen molar-refractivity contribution in [3.8, 4) is 0 Å². The number of likely N-dealkylation sites (N-methyl/N-ethyl adjacent to an activating group) is 1. The molecule has 96 valence electrons. The molecule has 3 rings (SSSR count). The van der Waals surface area contributed by atoms with E-state index >= 15 is 0 Å². The predicted molar refractivity (Wildman–Crippen MR) is 79.3 cm³/mol. The number of nitrogens with one attached hydrogen (secondary N) is 1. The van der Waals surface area contributed by atoms with Crippen LogP contribution >= 0.6 is 15.9 Å². The van der Waals surface area contributed by atoms with Gasteiger partial charge in [-0.15, -0.1) is 0 Å². The quantitative estimate of drug-likeness (QED) is 0.915. The molecule has 0 spiro atoms. The van der Waals surface area contributed by atoms with E-state index in [0.29, 0.717) is 5.41 Å². The highest BCUT2D eigenvalue weighted by Gasteiger charge is 2.41. The van der Waals surface area contributed by atoms with Crippen LogP contribution in [0.3, 0.4) is 0 Å². The van der Waals surface area contributed by atoms with Gasteiger partial charge in [0, 0.05) is 28.3 Å². The minimum atomic E-state index is 0.328. The summed E-state index contributed by atoms with van der Waals surface area (Å²) in [6, 6.07) is 6.41. The van der Waals surface area contributed by atoms with Crippen molar-refractivity contribution in [2.75, 3.05) is 13.6 Å². The van der Waals surface area contributed by atoms with Gasteiger partial charge >= 0.3 is 0 Å². The van der Waals surface area contributed by atoms with Crippen molar-refractivity contribution in [3.05, 3.63) is 40.1 Å². The van der Waals surface area contributed by atoms with Gasteiger partial charge in [-0.25, -0.2) is 0 Å². The van der Waals surface area contributed by atoms with Crippen LogP contribution in [0.15, 0.2) is 28.9 Å². The van der Waals surface area contributed by atoms with Crippen LogP contribution in [0, 0.1) is 6.92 Å². The molecule has 0 aromatic carbocycles. The molecule has 0 aliphatic heterocycles. The number of halogens is 1. The highest BCUT2D eigenvalue weighted by Crippen LogP contribution is 2.47. The standard InChI is InChI=1S/C15H19BrN2/c1-11-13(16)12-6-3-4-9-18(12)14(11)15(10-17-2)7-5-8-15/h3-4,6,9,17H,5,7-8,10H2,1-2H3. The highest BCUT2D eigenvalue weighted by molar-refractivity contribution is 9.10. The Morgan fingerprint density at radius 2 is 2.17 bits per heavy atom. The molecular weight excluding hydrogens is 288 g/mol. The van der Waals surface area contributed by atoms with Crippen molar-refractivity contribution in [3.63, 3.8) is 0 Å². The van der Waals surface area contributed by atoms with Crippen molar-refractivity contribution < 1.29 is 0 Å². The Hall–Kier alpha value is -0.800. The van der Waals surface area contributed by atoms with Gasteiger partial charge in [-0.3, -0.25) is 0 Å². The first-order valence-electron chi connectivity index (χ1n) is 6.60. The van der Waals surface area contributed by atoms with Crippen LogP contribution in [0.2, 0.25) is 0 Å². The average Bonchev–Trinajstić information content (AvgIpc) is 2.59. The molecule has 2 aromatic rings. The van der Waals surface area contributed by atoms with Crippen LogP contribution < -0.4 is 5.32 Å². The zero-order valence-electron chi connectivity index (χ0n) is 11.0. The molecule has 2 heterocycles. The topological polar surface area (TPSA) is 16.4 Å². The number of fused-ring (bicyclic) bond motifs is 1. The SMILES string of the molecule is CNCC1(c2c(C)c(Br)c3ccccn23)CCC1. The second kappa shape index (κ2) is 4.39. The van der Waals surface area contributed by atoms with Crippen LogP contribution in [0.5, 0.6) is 0 Å². The van der Waals surface area contributed by atoms with E-state index in [4.69, 9.17) is 0 Å². The first kappa shape index (κ1) is 12.2. The van der Waals surface area contributed by atoms with Gasteiger partial charge in [0.15, 0.2) is 0 Å². The Labute approximate surface area is 117 Å². The molecule has 1 saturated carbocycles. The second-order valence-corrected chi connectivity index (χ2v) is 6.20. The lowest BCUT2D eigenvalue weighted by atomic mass is 9.65. The molecule has 1 aliphatic rings. The van der Waals surface area contributed by atoms with E-state index in [-0.39, 0.29) is 0 Å². The summed E-state index contributed by atoms with van der Waals surface area (Å²) in [5, 5.41) is 3.38. The van der Waals surface area contributed by atoms with Crippen molar-refractivity contribution in [2.24, 2.45) is 0 Å². The van der Waals surface area contributed by atoms with Gasteiger partial charge in [-0.05, 0) is 60.4 Å². The number of pyridine rings is 1. The summed E-state index contributed by atoms with van der Waals surface area (Å²) in [5.74, 6) is 0. The third-order valence-electron chi connectivity index (χ3n) is 4.34. The summed E-state index contributed by atoms with van der Waals surface area (Å²) in [7, 11) is 2.06. The molecule has 0 unspecified atom stereocenters. The Morgan fingerprint density at radius 3 is 2.78 bits per heavy atom. The molecule has 3 heteroatoms. The van der Waals surface area contributed by atoms with Crippen LogP contribution in [0.1, 0.15) is 30.5 Å². The molecule has 18 heavy (non-hydrogen) atoms. The molecule has 2 nitrogen and oxygen atoms in total. The van der Waals surface area contributed by atoms with Crippen molar-refractivity contribution >= 4 is 21.4 Å².